The Morgan fingerprint density at radius 2 is 2.00 bits per heavy atom. The van der Waals surface area contributed by atoms with Crippen molar-refractivity contribution in [2.24, 2.45) is 0 Å². The van der Waals surface area contributed by atoms with Crippen molar-refractivity contribution in [1.82, 2.24) is 0 Å². The largest absolute Gasteiger partial charge is 0.460 e. The summed E-state index contributed by atoms with van der Waals surface area (Å²) in [6.45, 7) is 7.30. The number of carbonyl (C=O) groups excluding carboxylic acids is 1. The van der Waals surface area contributed by atoms with Crippen molar-refractivity contribution in [2.45, 2.75) is 13.3 Å². The molecule has 0 N–H and O–H groups in total. The molecular formula is C10H18O4. The lowest BCUT2D eigenvalue weighted by Gasteiger charge is -2.06. The minimum Gasteiger partial charge on any atom is -0.460 e. The van der Waals surface area contributed by atoms with E-state index >= 15 is 0 Å². The van der Waals surface area contributed by atoms with E-state index in [0.717, 1.165) is 0 Å². The van der Waals surface area contributed by atoms with Gasteiger partial charge in [-0.2, -0.15) is 0 Å². The van der Waals surface area contributed by atoms with E-state index in [1.165, 1.54) is 0 Å². The van der Waals surface area contributed by atoms with E-state index in [9.17, 15) is 4.79 Å². The SMILES string of the molecule is C=C(CCOC)C(=O)OCCOCC. The van der Waals surface area contributed by atoms with E-state index in [0.29, 0.717) is 31.8 Å². The highest BCUT2D eigenvalue weighted by atomic mass is 16.6. The zero-order valence-electron chi connectivity index (χ0n) is 8.88. The number of esters is 1. The van der Waals surface area contributed by atoms with Crippen LogP contribution in [0.25, 0.3) is 0 Å². The Morgan fingerprint density at radius 3 is 2.57 bits per heavy atom. The highest BCUT2D eigenvalue weighted by molar-refractivity contribution is 5.87. The van der Waals surface area contributed by atoms with Gasteiger partial charge >= 0.3 is 5.97 Å². The topological polar surface area (TPSA) is 44.8 Å². The molecule has 0 heterocycles. The monoisotopic (exact) mass is 202 g/mol. The Morgan fingerprint density at radius 1 is 1.29 bits per heavy atom. The van der Waals surface area contributed by atoms with Crippen molar-refractivity contribution in [2.75, 3.05) is 33.5 Å². The van der Waals surface area contributed by atoms with Crippen molar-refractivity contribution in [3.05, 3.63) is 12.2 Å². The second-order valence-corrected chi connectivity index (χ2v) is 2.68. The Balaban J connectivity index is 3.47. The number of carbonyl (C=O) groups is 1. The average molecular weight is 202 g/mol. The summed E-state index contributed by atoms with van der Waals surface area (Å²) in [6.07, 6.45) is 0.504. The van der Waals surface area contributed by atoms with Gasteiger partial charge in [0, 0.05) is 25.7 Å². The fourth-order valence-corrected chi connectivity index (χ4v) is 0.767. The molecule has 0 aromatic heterocycles. The molecule has 0 amide bonds. The fraction of sp³-hybridized carbons (Fsp3) is 0.700. The normalized spacial score (nSPS) is 9.86. The van der Waals surface area contributed by atoms with E-state index in [4.69, 9.17) is 14.2 Å². The first-order valence-corrected chi connectivity index (χ1v) is 4.64. The first-order chi connectivity index (χ1) is 6.72. The van der Waals surface area contributed by atoms with Crippen LogP contribution in [0.15, 0.2) is 12.2 Å². The summed E-state index contributed by atoms with van der Waals surface area (Å²) in [4.78, 5) is 11.2. The third-order valence-electron chi connectivity index (χ3n) is 1.56. The van der Waals surface area contributed by atoms with Gasteiger partial charge in [-0.1, -0.05) is 6.58 Å². The highest BCUT2D eigenvalue weighted by Gasteiger charge is 2.07. The van der Waals surface area contributed by atoms with Crippen LogP contribution in [-0.4, -0.2) is 39.5 Å². The van der Waals surface area contributed by atoms with Gasteiger partial charge in [0.25, 0.3) is 0 Å². The molecule has 0 aliphatic heterocycles. The van der Waals surface area contributed by atoms with Crippen LogP contribution in [0, 0.1) is 0 Å². The maximum atomic E-state index is 11.2. The first kappa shape index (κ1) is 13.1. The lowest BCUT2D eigenvalue weighted by molar-refractivity contribution is -0.140. The standard InChI is InChI=1S/C10H18O4/c1-4-13-7-8-14-10(11)9(2)5-6-12-3/h2,4-8H2,1,3H3. The molecule has 0 unspecified atom stereocenters. The summed E-state index contributed by atoms with van der Waals surface area (Å²) in [7, 11) is 1.58. The predicted octanol–water partition coefficient (Wildman–Crippen LogP) is 1.16. The molecule has 0 fully saturated rings. The lowest BCUT2D eigenvalue weighted by Crippen LogP contribution is -2.13. The molecule has 0 rings (SSSR count). The van der Waals surface area contributed by atoms with Crippen LogP contribution in [-0.2, 0) is 19.0 Å². The van der Waals surface area contributed by atoms with Crippen LogP contribution in [0.1, 0.15) is 13.3 Å². The quantitative estimate of drug-likeness (QED) is 0.336. The van der Waals surface area contributed by atoms with Crippen molar-refractivity contribution in [3.8, 4) is 0 Å². The van der Waals surface area contributed by atoms with Gasteiger partial charge in [0.05, 0.1) is 13.2 Å². The van der Waals surface area contributed by atoms with E-state index in [1.807, 2.05) is 6.92 Å². The molecule has 0 bridgehead atoms. The van der Waals surface area contributed by atoms with Gasteiger partial charge in [-0.15, -0.1) is 0 Å². The summed E-state index contributed by atoms with van der Waals surface area (Å²) in [6, 6.07) is 0. The van der Waals surface area contributed by atoms with Gasteiger partial charge in [-0.3, -0.25) is 0 Å². The van der Waals surface area contributed by atoms with Crippen LogP contribution in [0.4, 0.5) is 0 Å². The molecule has 0 aliphatic rings. The molecule has 0 saturated heterocycles. The average Bonchev–Trinajstić information content (AvgIpc) is 2.20. The van der Waals surface area contributed by atoms with Crippen molar-refractivity contribution in [1.29, 1.82) is 0 Å². The molecule has 0 aromatic carbocycles. The number of ether oxygens (including phenoxy) is 3. The Bertz CT molecular complexity index is 177. The lowest BCUT2D eigenvalue weighted by atomic mass is 10.2. The molecule has 4 nitrogen and oxygen atoms in total. The third kappa shape index (κ3) is 6.62. The van der Waals surface area contributed by atoms with Crippen molar-refractivity contribution >= 4 is 5.97 Å². The van der Waals surface area contributed by atoms with Crippen LogP contribution < -0.4 is 0 Å². The van der Waals surface area contributed by atoms with Gasteiger partial charge in [-0.05, 0) is 6.92 Å². The molecule has 0 aromatic rings. The number of methoxy groups -OCH3 is 1. The molecule has 0 aliphatic carbocycles. The van der Waals surface area contributed by atoms with Gasteiger partial charge in [0.1, 0.15) is 6.61 Å². The van der Waals surface area contributed by atoms with Crippen LogP contribution in [0.2, 0.25) is 0 Å². The molecule has 0 radical (unpaired) electrons. The predicted molar refractivity (Wildman–Crippen MR) is 53.1 cm³/mol. The summed E-state index contributed by atoms with van der Waals surface area (Å²) in [5.74, 6) is -0.373. The van der Waals surface area contributed by atoms with Crippen LogP contribution in [0.5, 0.6) is 0 Å². The summed E-state index contributed by atoms with van der Waals surface area (Å²) < 4.78 is 14.7. The van der Waals surface area contributed by atoms with Gasteiger partial charge < -0.3 is 14.2 Å². The van der Waals surface area contributed by atoms with Crippen LogP contribution >= 0.6 is 0 Å². The maximum Gasteiger partial charge on any atom is 0.333 e. The molecule has 0 saturated carbocycles. The summed E-state index contributed by atoms with van der Waals surface area (Å²) in [5, 5.41) is 0. The summed E-state index contributed by atoms with van der Waals surface area (Å²) >= 11 is 0. The molecule has 0 spiro atoms. The van der Waals surface area contributed by atoms with E-state index in [2.05, 4.69) is 6.58 Å². The zero-order valence-corrected chi connectivity index (χ0v) is 8.88. The van der Waals surface area contributed by atoms with Crippen molar-refractivity contribution in [3.63, 3.8) is 0 Å². The fourth-order valence-electron chi connectivity index (χ4n) is 0.767. The van der Waals surface area contributed by atoms with Gasteiger partial charge in [0.2, 0.25) is 0 Å². The van der Waals surface area contributed by atoms with Gasteiger partial charge in [0.15, 0.2) is 0 Å². The maximum absolute atomic E-state index is 11.2. The first-order valence-electron chi connectivity index (χ1n) is 4.64. The Kier molecular flexibility index (Phi) is 8.17. The Hall–Kier alpha value is -0.870. The minimum atomic E-state index is -0.373. The van der Waals surface area contributed by atoms with Gasteiger partial charge in [-0.25, -0.2) is 4.79 Å². The smallest absolute Gasteiger partial charge is 0.333 e. The molecule has 4 heteroatoms. The molecule has 82 valence electrons. The van der Waals surface area contributed by atoms with Crippen molar-refractivity contribution < 1.29 is 19.0 Å². The number of hydrogen-bond acceptors (Lipinski definition) is 4. The second kappa shape index (κ2) is 8.72. The number of rotatable bonds is 8. The number of hydrogen-bond donors (Lipinski definition) is 0. The minimum absolute atomic E-state index is 0.276. The van der Waals surface area contributed by atoms with Crippen LogP contribution in [0.3, 0.4) is 0 Å². The molecular weight excluding hydrogens is 184 g/mol. The highest BCUT2D eigenvalue weighted by Crippen LogP contribution is 2.00. The molecule has 14 heavy (non-hydrogen) atoms. The summed E-state index contributed by atoms with van der Waals surface area (Å²) in [5.41, 5.74) is 0.434. The molecule has 0 atom stereocenters. The van der Waals surface area contributed by atoms with E-state index in [1.54, 1.807) is 7.11 Å². The third-order valence-corrected chi connectivity index (χ3v) is 1.56. The van der Waals surface area contributed by atoms with E-state index < -0.39 is 0 Å². The zero-order chi connectivity index (χ0) is 10.8. The second-order valence-electron chi connectivity index (χ2n) is 2.68. The Labute approximate surface area is 84.8 Å². The van der Waals surface area contributed by atoms with E-state index in [-0.39, 0.29) is 12.6 Å².